The molecule has 0 amide bonds. The van der Waals surface area contributed by atoms with E-state index in [4.69, 9.17) is 0 Å². The van der Waals surface area contributed by atoms with E-state index in [2.05, 4.69) is 149 Å². The molecule has 0 radical (unpaired) electrons. The number of hydrogen-bond acceptors (Lipinski definition) is 0. The molecule has 0 heterocycles. The molecule has 3 aliphatic rings. The number of benzene rings is 4. The van der Waals surface area contributed by atoms with E-state index >= 15 is 0 Å². The Kier molecular flexibility index (Phi) is 5.43. The molecule has 39 heavy (non-hydrogen) atoms. The Bertz CT molecular complexity index is 1550. The summed E-state index contributed by atoms with van der Waals surface area (Å²) in [5, 5.41) is 0. The van der Waals surface area contributed by atoms with E-state index in [0.29, 0.717) is 0 Å². The lowest BCUT2D eigenvalue weighted by Crippen LogP contribution is -2.41. The largest absolute Gasteiger partial charge is 0.0764 e. The lowest BCUT2D eigenvalue weighted by atomic mass is 9.56. The van der Waals surface area contributed by atoms with Crippen molar-refractivity contribution in [1.82, 2.24) is 0 Å². The van der Waals surface area contributed by atoms with Gasteiger partial charge >= 0.3 is 0 Å². The number of hydrogen-bond donors (Lipinski definition) is 0. The molecule has 7 rings (SSSR count). The van der Waals surface area contributed by atoms with Gasteiger partial charge in [0.1, 0.15) is 0 Å². The number of fused-ring (bicyclic) bond motifs is 4. The van der Waals surface area contributed by atoms with Gasteiger partial charge in [-0.2, -0.15) is 0 Å². The molecule has 0 fully saturated rings. The lowest BCUT2D eigenvalue weighted by molar-refractivity contribution is 0.331. The normalized spacial score (nSPS) is 20.5. The Hall–Kier alpha value is -3.64. The highest BCUT2D eigenvalue weighted by Crippen LogP contribution is 2.61. The fourth-order valence-electron chi connectivity index (χ4n) is 8.00. The Morgan fingerprint density at radius 1 is 0.564 bits per heavy atom. The van der Waals surface area contributed by atoms with Crippen LogP contribution in [0.5, 0.6) is 0 Å². The Balaban J connectivity index is 1.61. The van der Waals surface area contributed by atoms with Gasteiger partial charge in [-0.25, -0.2) is 0 Å². The molecule has 0 bridgehead atoms. The van der Waals surface area contributed by atoms with Crippen molar-refractivity contribution in [2.24, 2.45) is 5.92 Å². The summed E-state index contributed by atoms with van der Waals surface area (Å²) >= 11 is 0. The van der Waals surface area contributed by atoms with Crippen LogP contribution in [0.4, 0.5) is 0 Å². The fourth-order valence-corrected chi connectivity index (χ4v) is 8.00. The van der Waals surface area contributed by atoms with Gasteiger partial charge < -0.3 is 0 Å². The second-order valence-electron chi connectivity index (χ2n) is 13.2. The monoisotopic (exact) mass is 506 g/mol. The molecular formula is C39H38. The van der Waals surface area contributed by atoms with Crippen LogP contribution in [0.25, 0.3) is 11.1 Å². The van der Waals surface area contributed by atoms with Gasteiger partial charge in [-0.05, 0) is 68.2 Å². The second kappa shape index (κ2) is 8.68. The van der Waals surface area contributed by atoms with E-state index in [9.17, 15) is 0 Å². The van der Waals surface area contributed by atoms with Crippen LogP contribution in [0, 0.1) is 5.92 Å². The van der Waals surface area contributed by atoms with Crippen LogP contribution in [0.2, 0.25) is 0 Å². The van der Waals surface area contributed by atoms with E-state index in [1.165, 1.54) is 46.2 Å². The van der Waals surface area contributed by atoms with Gasteiger partial charge in [0.2, 0.25) is 0 Å². The summed E-state index contributed by atoms with van der Waals surface area (Å²) in [6.45, 7) is 9.79. The average Bonchev–Trinajstić information content (AvgIpc) is 3.61. The van der Waals surface area contributed by atoms with E-state index in [-0.39, 0.29) is 28.1 Å². The summed E-state index contributed by atoms with van der Waals surface area (Å²) in [7, 11) is 0. The van der Waals surface area contributed by atoms with Crippen molar-refractivity contribution >= 4 is 0 Å². The first kappa shape index (κ1) is 24.4. The predicted molar refractivity (Wildman–Crippen MR) is 164 cm³/mol. The van der Waals surface area contributed by atoms with Crippen LogP contribution >= 0.6 is 0 Å². The topological polar surface area (TPSA) is 0 Å². The van der Waals surface area contributed by atoms with Crippen LogP contribution in [0.15, 0.2) is 121 Å². The number of rotatable bonds is 4. The Morgan fingerprint density at radius 2 is 1.08 bits per heavy atom. The minimum absolute atomic E-state index is 0.161. The van der Waals surface area contributed by atoms with E-state index in [1.807, 2.05) is 0 Å². The van der Waals surface area contributed by atoms with Crippen molar-refractivity contribution in [3.63, 3.8) is 0 Å². The van der Waals surface area contributed by atoms with Gasteiger partial charge in [0.25, 0.3) is 0 Å². The Labute approximate surface area is 234 Å². The smallest absolute Gasteiger partial charge is 0.0409 e. The summed E-state index contributed by atoms with van der Waals surface area (Å²) in [6, 6.07) is 37.1. The highest BCUT2D eigenvalue weighted by atomic mass is 14.5. The van der Waals surface area contributed by atoms with Crippen LogP contribution in [0.3, 0.4) is 0 Å². The van der Waals surface area contributed by atoms with Crippen molar-refractivity contribution in [3.8, 4) is 11.1 Å². The van der Waals surface area contributed by atoms with E-state index < -0.39 is 0 Å². The standard InChI is InChI=1S/C39H38/c1-37(2)23-24-38(3,4)35-26-33-32(25-34(35)37)30-21-13-14-22-31(30)36(33)39(29-19-11-12-20-29,27-15-7-5-8-16-27)28-17-9-6-10-18-28/h5-22,25-26,29,36H,23-24H2,1-4H3. The molecule has 0 saturated heterocycles. The SMILES string of the molecule is CC1(C)CCC(C)(C)c2cc3c(cc21)-c1ccccc1C3C(c1ccccc1)(c1ccccc1)C1C=CC=C1. The van der Waals surface area contributed by atoms with Gasteiger partial charge in [-0.3, -0.25) is 0 Å². The summed E-state index contributed by atoms with van der Waals surface area (Å²) in [5.74, 6) is 0.434. The fraction of sp³-hybridized carbons (Fsp3) is 0.282. The molecule has 0 aliphatic heterocycles. The predicted octanol–water partition coefficient (Wildman–Crippen LogP) is 9.88. The number of allylic oxidation sites excluding steroid dienone is 4. The maximum absolute atomic E-state index is 2.64. The van der Waals surface area contributed by atoms with Gasteiger partial charge in [-0.1, -0.05) is 149 Å². The van der Waals surface area contributed by atoms with Crippen molar-refractivity contribution in [2.75, 3.05) is 0 Å². The van der Waals surface area contributed by atoms with Crippen molar-refractivity contribution in [1.29, 1.82) is 0 Å². The molecule has 0 heteroatoms. The molecule has 0 spiro atoms. The quantitative estimate of drug-likeness (QED) is 0.258. The summed E-state index contributed by atoms with van der Waals surface area (Å²) in [4.78, 5) is 0. The van der Waals surface area contributed by atoms with Crippen LogP contribution in [-0.4, -0.2) is 0 Å². The molecule has 0 nitrogen and oxygen atoms in total. The molecule has 1 atom stereocenters. The van der Waals surface area contributed by atoms with Gasteiger partial charge in [-0.15, -0.1) is 0 Å². The lowest BCUT2D eigenvalue weighted by Gasteiger charge is -2.46. The molecule has 0 N–H and O–H groups in total. The molecular weight excluding hydrogens is 468 g/mol. The van der Waals surface area contributed by atoms with Gasteiger partial charge in [0.15, 0.2) is 0 Å². The van der Waals surface area contributed by atoms with Crippen molar-refractivity contribution in [3.05, 3.63) is 155 Å². The first-order valence-electron chi connectivity index (χ1n) is 14.6. The van der Waals surface area contributed by atoms with Gasteiger partial charge in [0.05, 0.1) is 0 Å². The maximum atomic E-state index is 2.64. The molecule has 0 saturated carbocycles. The average molecular weight is 507 g/mol. The molecule has 4 aromatic carbocycles. The summed E-state index contributed by atoms with van der Waals surface area (Å²) in [6.07, 6.45) is 11.8. The zero-order valence-corrected chi connectivity index (χ0v) is 23.6. The third-order valence-corrected chi connectivity index (χ3v) is 10.1. The highest BCUT2D eigenvalue weighted by molar-refractivity contribution is 5.82. The third kappa shape index (κ3) is 3.50. The first-order chi connectivity index (χ1) is 18.8. The third-order valence-electron chi connectivity index (χ3n) is 10.1. The molecule has 1 unspecified atom stereocenters. The molecule has 4 aromatic rings. The van der Waals surface area contributed by atoms with E-state index in [1.54, 1.807) is 11.1 Å². The summed E-state index contributed by atoms with van der Waals surface area (Å²) < 4.78 is 0. The van der Waals surface area contributed by atoms with Crippen LogP contribution < -0.4 is 0 Å². The van der Waals surface area contributed by atoms with Crippen LogP contribution in [0.1, 0.15) is 79.8 Å². The summed E-state index contributed by atoms with van der Waals surface area (Å²) in [5.41, 5.74) is 11.7. The maximum Gasteiger partial charge on any atom is 0.0409 e. The van der Waals surface area contributed by atoms with Gasteiger partial charge in [0, 0.05) is 17.3 Å². The van der Waals surface area contributed by atoms with E-state index in [0.717, 1.165) is 0 Å². The zero-order chi connectivity index (χ0) is 26.8. The minimum Gasteiger partial charge on any atom is -0.0764 e. The highest BCUT2D eigenvalue weighted by Gasteiger charge is 2.52. The molecule has 0 aromatic heterocycles. The van der Waals surface area contributed by atoms with Crippen molar-refractivity contribution < 1.29 is 0 Å². The molecule has 194 valence electrons. The first-order valence-corrected chi connectivity index (χ1v) is 14.6. The second-order valence-corrected chi connectivity index (χ2v) is 13.2. The Morgan fingerprint density at radius 3 is 1.67 bits per heavy atom. The molecule has 3 aliphatic carbocycles. The zero-order valence-electron chi connectivity index (χ0n) is 23.6. The van der Waals surface area contributed by atoms with Crippen LogP contribution in [-0.2, 0) is 16.2 Å². The van der Waals surface area contributed by atoms with Crippen molar-refractivity contribution in [2.45, 2.75) is 62.7 Å². The minimum atomic E-state index is -0.282.